The van der Waals surface area contributed by atoms with Crippen molar-refractivity contribution in [3.63, 3.8) is 0 Å². The molecule has 21 heavy (non-hydrogen) atoms. The molecule has 0 bridgehead atoms. The van der Waals surface area contributed by atoms with Crippen LogP contribution in [-0.2, 0) is 10.0 Å². The van der Waals surface area contributed by atoms with E-state index in [0.29, 0.717) is 5.75 Å². The first-order valence-electron chi connectivity index (χ1n) is 6.46. The zero-order valence-electron chi connectivity index (χ0n) is 11.6. The molecule has 0 radical (unpaired) electrons. The van der Waals surface area contributed by atoms with E-state index in [1.165, 1.54) is 6.07 Å². The Morgan fingerprint density at radius 1 is 1.10 bits per heavy atom. The highest BCUT2D eigenvalue weighted by Crippen LogP contribution is 2.23. The molecule has 0 aliphatic rings. The average Bonchev–Trinajstić information content (AvgIpc) is 2.46. The maximum atomic E-state index is 12.0. The molecule has 0 fully saturated rings. The molecular formula is C15H17NO4S. The fourth-order valence-electron chi connectivity index (χ4n) is 1.72. The molecule has 0 heterocycles. The van der Waals surface area contributed by atoms with E-state index < -0.39 is 10.0 Å². The number of rotatable bonds is 6. The summed E-state index contributed by atoms with van der Waals surface area (Å²) in [6.45, 7) is 2.14. The number of aromatic hydroxyl groups is 1. The van der Waals surface area contributed by atoms with Crippen LogP contribution >= 0.6 is 0 Å². The van der Waals surface area contributed by atoms with E-state index in [1.807, 2.05) is 6.92 Å². The number of aryl methyl sites for hydroxylation is 1. The Kier molecular flexibility index (Phi) is 4.82. The summed E-state index contributed by atoms with van der Waals surface area (Å²) in [6, 6.07) is 13.1. The van der Waals surface area contributed by atoms with Gasteiger partial charge in [-0.25, -0.2) is 13.1 Å². The fraction of sp³-hybridized carbons (Fsp3) is 0.200. The van der Waals surface area contributed by atoms with Crippen LogP contribution in [0.15, 0.2) is 53.4 Å². The molecule has 0 spiro atoms. The van der Waals surface area contributed by atoms with E-state index >= 15 is 0 Å². The monoisotopic (exact) mass is 307 g/mol. The van der Waals surface area contributed by atoms with Crippen molar-refractivity contribution in [3.05, 3.63) is 54.1 Å². The highest BCUT2D eigenvalue weighted by Gasteiger charge is 2.12. The molecule has 0 unspecified atom stereocenters. The number of phenols is 1. The summed E-state index contributed by atoms with van der Waals surface area (Å²) in [7, 11) is -3.53. The number of hydrogen-bond donors (Lipinski definition) is 2. The van der Waals surface area contributed by atoms with E-state index in [0.717, 1.165) is 5.56 Å². The van der Waals surface area contributed by atoms with Crippen molar-refractivity contribution in [2.75, 3.05) is 13.2 Å². The summed E-state index contributed by atoms with van der Waals surface area (Å²) in [6.07, 6.45) is 0. The second kappa shape index (κ2) is 6.60. The topological polar surface area (TPSA) is 75.6 Å². The summed E-state index contributed by atoms with van der Waals surface area (Å²) < 4.78 is 31.8. The molecule has 2 N–H and O–H groups in total. The quantitative estimate of drug-likeness (QED) is 0.801. The van der Waals surface area contributed by atoms with E-state index in [4.69, 9.17) is 4.74 Å². The third-order valence-corrected chi connectivity index (χ3v) is 4.33. The summed E-state index contributed by atoms with van der Waals surface area (Å²) >= 11 is 0. The Balaban J connectivity index is 1.88. The van der Waals surface area contributed by atoms with Gasteiger partial charge >= 0.3 is 0 Å². The lowest BCUT2D eigenvalue weighted by Crippen LogP contribution is -2.28. The smallest absolute Gasteiger partial charge is 0.240 e. The van der Waals surface area contributed by atoms with Gasteiger partial charge in [-0.1, -0.05) is 29.8 Å². The van der Waals surface area contributed by atoms with Gasteiger partial charge in [0.15, 0.2) is 11.5 Å². The zero-order chi connectivity index (χ0) is 15.3. The molecule has 2 aromatic rings. The molecular weight excluding hydrogens is 290 g/mol. The Bertz CT molecular complexity index is 696. The fourth-order valence-corrected chi connectivity index (χ4v) is 2.73. The molecule has 0 aliphatic carbocycles. The van der Waals surface area contributed by atoms with Gasteiger partial charge in [0.1, 0.15) is 6.61 Å². The molecule has 6 heteroatoms. The van der Waals surface area contributed by atoms with E-state index in [1.54, 1.807) is 42.5 Å². The van der Waals surface area contributed by atoms with Gasteiger partial charge in [-0.15, -0.1) is 0 Å². The molecule has 0 amide bonds. The Morgan fingerprint density at radius 3 is 2.43 bits per heavy atom. The summed E-state index contributed by atoms with van der Waals surface area (Å²) in [5.41, 5.74) is 0.997. The lowest BCUT2D eigenvalue weighted by molar-refractivity contribution is 0.304. The minimum atomic E-state index is -3.53. The lowest BCUT2D eigenvalue weighted by Gasteiger charge is -2.09. The third-order valence-electron chi connectivity index (χ3n) is 2.85. The van der Waals surface area contributed by atoms with Crippen molar-refractivity contribution in [2.24, 2.45) is 0 Å². The first-order valence-corrected chi connectivity index (χ1v) is 7.94. The molecule has 0 saturated carbocycles. The Labute approximate surface area is 124 Å². The SMILES string of the molecule is Cc1ccc(S(=O)(=O)NCCOc2ccccc2O)cc1. The molecule has 112 valence electrons. The normalized spacial score (nSPS) is 11.3. The van der Waals surface area contributed by atoms with Gasteiger partial charge in [0.05, 0.1) is 4.90 Å². The number of para-hydroxylation sites is 2. The zero-order valence-corrected chi connectivity index (χ0v) is 12.4. The first kappa shape index (κ1) is 15.3. The number of benzene rings is 2. The van der Waals surface area contributed by atoms with Crippen molar-refractivity contribution in [1.29, 1.82) is 0 Å². The predicted octanol–water partition coefficient (Wildman–Crippen LogP) is 2.06. The van der Waals surface area contributed by atoms with Crippen LogP contribution < -0.4 is 9.46 Å². The van der Waals surface area contributed by atoms with Crippen LogP contribution in [0, 0.1) is 6.92 Å². The highest BCUT2D eigenvalue weighted by molar-refractivity contribution is 7.89. The highest BCUT2D eigenvalue weighted by atomic mass is 32.2. The van der Waals surface area contributed by atoms with Gasteiger partial charge < -0.3 is 9.84 Å². The second-order valence-corrected chi connectivity index (χ2v) is 6.29. The average molecular weight is 307 g/mol. The molecule has 0 aromatic heterocycles. The molecule has 0 saturated heterocycles. The molecule has 5 nitrogen and oxygen atoms in total. The molecule has 0 atom stereocenters. The van der Waals surface area contributed by atoms with Crippen molar-refractivity contribution in [2.45, 2.75) is 11.8 Å². The third kappa shape index (κ3) is 4.21. The first-order chi connectivity index (χ1) is 9.99. The van der Waals surface area contributed by atoms with E-state index in [2.05, 4.69) is 4.72 Å². The summed E-state index contributed by atoms with van der Waals surface area (Å²) in [4.78, 5) is 0.218. The van der Waals surface area contributed by atoms with Gasteiger partial charge in [0.2, 0.25) is 10.0 Å². The molecule has 0 aliphatic heterocycles. The van der Waals surface area contributed by atoms with E-state index in [-0.39, 0.29) is 23.8 Å². The number of ether oxygens (including phenoxy) is 1. The largest absolute Gasteiger partial charge is 0.504 e. The van der Waals surface area contributed by atoms with E-state index in [9.17, 15) is 13.5 Å². The Hall–Kier alpha value is -2.05. The van der Waals surface area contributed by atoms with Crippen LogP contribution in [0.4, 0.5) is 0 Å². The minimum Gasteiger partial charge on any atom is -0.504 e. The molecule has 2 rings (SSSR count). The number of nitrogens with one attached hydrogen (secondary N) is 1. The summed E-state index contributed by atoms with van der Waals surface area (Å²) in [5.74, 6) is 0.353. The van der Waals surface area contributed by atoms with Crippen molar-refractivity contribution in [3.8, 4) is 11.5 Å². The summed E-state index contributed by atoms with van der Waals surface area (Å²) in [5, 5.41) is 9.51. The van der Waals surface area contributed by atoms with Crippen LogP contribution in [0.1, 0.15) is 5.56 Å². The van der Waals surface area contributed by atoms with Gasteiger partial charge in [-0.3, -0.25) is 0 Å². The van der Waals surface area contributed by atoms with Crippen molar-refractivity contribution >= 4 is 10.0 Å². The van der Waals surface area contributed by atoms with Crippen molar-refractivity contribution < 1.29 is 18.3 Å². The maximum absolute atomic E-state index is 12.0. The van der Waals surface area contributed by atoms with Crippen LogP contribution in [-0.4, -0.2) is 26.7 Å². The van der Waals surface area contributed by atoms with Gasteiger partial charge in [-0.05, 0) is 31.2 Å². The van der Waals surface area contributed by atoms with Gasteiger partial charge in [0.25, 0.3) is 0 Å². The van der Waals surface area contributed by atoms with Gasteiger partial charge in [0, 0.05) is 6.54 Å². The minimum absolute atomic E-state index is 0.0268. The maximum Gasteiger partial charge on any atom is 0.240 e. The number of hydrogen-bond acceptors (Lipinski definition) is 4. The lowest BCUT2D eigenvalue weighted by atomic mass is 10.2. The predicted molar refractivity (Wildman–Crippen MR) is 80.0 cm³/mol. The van der Waals surface area contributed by atoms with Crippen LogP contribution in [0.2, 0.25) is 0 Å². The van der Waals surface area contributed by atoms with Crippen molar-refractivity contribution in [1.82, 2.24) is 4.72 Å². The van der Waals surface area contributed by atoms with Crippen LogP contribution in [0.25, 0.3) is 0 Å². The number of sulfonamides is 1. The molecule has 2 aromatic carbocycles. The van der Waals surface area contributed by atoms with Crippen LogP contribution in [0.5, 0.6) is 11.5 Å². The number of phenolic OH excluding ortho intramolecular Hbond substituents is 1. The standard InChI is InChI=1S/C15H17NO4S/c1-12-6-8-13(9-7-12)21(18,19)16-10-11-20-15-5-3-2-4-14(15)17/h2-9,16-17H,10-11H2,1H3. The van der Waals surface area contributed by atoms with Crippen LogP contribution in [0.3, 0.4) is 0 Å². The Morgan fingerprint density at radius 2 is 1.76 bits per heavy atom. The second-order valence-electron chi connectivity index (χ2n) is 4.53. The van der Waals surface area contributed by atoms with Gasteiger partial charge in [-0.2, -0.15) is 0 Å².